The fourth-order valence-corrected chi connectivity index (χ4v) is 4.87. The number of nitrogens with zero attached hydrogens (tertiary/aromatic N) is 1. The fourth-order valence-electron chi connectivity index (χ4n) is 4.87. The van der Waals surface area contributed by atoms with Gasteiger partial charge in [-0.05, 0) is 43.6 Å². The van der Waals surface area contributed by atoms with Gasteiger partial charge in [0.05, 0.1) is 5.60 Å². The average molecular weight is 311 g/mol. The molecular formula is C20H25NO2. The van der Waals surface area contributed by atoms with Crippen molar-refractivity contribution in [2.75, 3.05) is 13.1 Å². The minimum atomic E-state index is -0.771. The van der Waals surface area contributed by atoms with Crippen molar-refractivity contribution in [3.05, 3.63) is 48.0 Å². The highest BCUT2D eigenvalue weighted by Gasteiger charge is 2.50. The second kappa shape index (κ2) is 5.79. The summed E-state index contributed by atoms with van der Waals surface area (Å²) >= 11 is 0. The monoisotopic (exact) mass is 311 g/mol. The highest BCUT2D eigenvalue weighted by Crippen LogP contribution is 2.48. The Hall–Kier alpha value is -1.61. The highest BCUT2D eigenvalue weighted by atomic mass is 16.3. The number of amides is 1. The SMILES string of the molecule is O=C(C1CC=CC1)N1C[C@H]2CCC[C@](O)(c3ccccc3)[C@H]2C1. The largest absolute Gasteiger partial charge is 0.385 e. The summed E-state index contributed by atoms with van der Waals surface area (Å²) in [5, 5.41) is 11.4. The molecule has 0 radical (unpaired) electrons. The molecule has 1 saturated carbocycles. The van der Waals surface area contributed by atoms with Crippen LogP contribution in [-0.2, 0) is 10.4 Å². The van der Waals surface area contributed by atoms with Crippen LogP contribution in [0.4, 0.5) is 0 Å². The van der Waals surface area contributed by atoms with Crippen molar-refractivity contribution in [2.24, 2.45) is 17.8 Å². The third kappa shape index (κ3) is 2.51. The van der Waals surface area contributed by atoms with E-state index < -0.39 is 5.60 Å². The van der Waals surface area contributed by atoms with Gasteiger partial charge in [-0.1, -0.05) is 42.5 Å². The predicted octanol–water partition coefficient (Wildman–Crippen LogP) is 3.10. The molecule has 0 unspecified atom stereocenters. The smallest absolute Gasteiger partial charge is 0.226 e. The van der Waals surface area contributed by atoms with Gasteiger partial charge in [0.1, 0.15) is 0 Å². The number of carbonyl (C=O) groups excluding carboxylic acids is 1. The van der Waals surface area contributed by atoms with Crippen molar-refractivity contribution in [3.8, 4) is 0 Å². The number of fused-ring (bicyclic) bond motifs is 1. The van der Waals surface area contributed by atoms with Gasteiger partial charge >= 0.3 is 0 Å². The Morgan fingerprint density at radius 3 is 2.61 bits per heavy atom. The molecule has 2 fully saturated rings. The van der Waals surface area contributed by atoms with Gasteiger partial charge in [-0.15, -0.1) is 0 Å². The Labute approximate surface area is 138 Å². The van der Waals surface area contributed by atoms with Gasteiger partial charge in [0.25, 0.3) is 0 Å². The Balaban J connectivity index is 1.56. The molecule has 3 atom stereocenters. The van der Waals surface area contributed by atoms with E-state index in [4.69, 9.17) is 0 Å². The number of hydrogen-bond donors (Lipinski definition) is 1. The van der Waals surface area contributed by atoms with E-state index in [-0.39, 0.29) is 11.8 Å². The first-order valence-electron chi connectivity index (χ1n) is 8.90. The van der Waals surface area contributed by atoms with E-state index in [1.165, 1.54) is 0 Å². The fraction of sp³-hybridized carbons (Fsp3) is 0.550. The molecule has 0 bridgehead atoms. The van der Waals surface area contributed by atoms with Crippen LogP contribution in [0, 0.1) is 17.8 Å². The summed E-state index contributed by atoms with van der Waals surface area (Å²) in [6.07, 6.45) is 8.98. The molecule has 0 spiro atoms. The van der Waals surface area contributed by atoms with E-state index >= 15 is 0 Å². The van der Waals surface area contributed by atoms with Gasteiger partial charge in [-0.2, -0.15) is 0 Å². The van der Waals surface area contributed by atoms with E-state index in [9.17, 15) is 9.90 Å². The van der Waals surface area contributed by atoms with E-state index in [0.717, 1.165) is 44.2 Å². The molecule has 4 rings (SSSR count). The Morgan fingerprint density at radius 2 is 1.87 bits per heavy atom. The van der Waals surface area contributed by atoms with Crippen molar-refractivity contribution >= 4 is 5.91 Å². The Kier molecular flexibility index (Phi) is 3.76. The van der Waals surface area contributed by atoms with Crippen LogP contribution in [-0.4, -0.2) is 29.0 Å². The topological polar surface area (TPSA) is 40.5 Å². The molecule has 1 aromatic carbocycles. The third-order valence-corrected chi connectivity index (χ3v) is 6.13. The lowest BCUT2D eigenvalue weighted by atomic mass is 9.67. The van der Waals surface area contributed by atoms with Crippen LogP contribution in [0.5, 0.6) is 0 Å². The summed E-state index contributed by atoms with van der Waals surface area (Å²) in [6, 6.07) is 10.1. The van der Waals surface area contributed by atoms with Gasteiger partial charge in [0, 0.05) is 24.9 Å². The van der Waals surface area contributed by atoms with E-state index in [2.05, 4.69) is 12.2 Å². The first kappa shape index (κ1) is 14.9. The molecule has 3 aliphatic rings. The van der Waals surface area contributed by atoms with Crippen LogP contribution in [0.3, 0.4) is 0 Å². The Bertz CT molecular complexity index is 603. The molecule has 0 aromatic heterocycles. The molecular weight excluding hydrogens is 286 g/mol. The molecule has 3 nitrogen and oxygen atoms in total. The Morgan fingerprint density at radius 1 is 1.13 bits per heavy atom. The molecule has 1 amide bonds. The van der Waals surface area contributed by atoms with Crippen LogP contribution in [0.15, 0.2) is 42.5 Å². The number of benzene rings is 1. The number of allylic oxidation sites excluding steroid dienone is 2. The zero-order chi connectivity index (χ0) is 15.9. The van der Waals surface area contributed by atoms with E-state index in [1.54, 1.807) is 0 Å². The summed E-state index contributed by atoms with van der Waals surface area (Å²) in [5.74, 6) is 1.05. The minimum Gasteiger partial charge on any atom is -0.385 e. The minimum absolute atomic E-state index is 0.139. The van der Waals surface area contributed by atoms with Gasteiger partial charge in [-0.25, -0.2) is 0 Å². The van der Waals surface area contributed by atoms with Crippen molar-refractivity contribution in [2.45, 2.75) is 37.7 Å². The maximum atomic E-state index is 12.7. The third-order valence-electron chi connectivity index (χ3n) is 6.13. The van der Waals surface area contributed by atoms with Crippen LogP contribution in [0.25, 0.3) is 0 Å². The normalized spacial score (nSPS) is 33.9. The summed E-state index contributed by atoms with van der Waals surface area (Å²) in [6.45, 7) is 1.54. The molecule has 1 N–H and O–H groups in total. The lowest BCUT2D eigenvalue weighted by molar-refractivity contribution is -0.134. The number of aliphatic hydroxyl groups is 1. The van der Waals surface area contributed by atoms with Crippen LogP contribution in [0.2, 0.25) is 0 Å². The van der Waals surface area contributed by atoms with Crippen LogP contribution >= 0.6 is 0 Å². The predicted molar refractivity (Wildman–Crippen MR) is 89.6 cm³/mol. The maximum Gasteiger partial charge on any atom is 0.226 e. The zero-order valence-corrected chi connectivity index (χ0v) is 13.5. The quantitative estimate of drug-likeness (QED) is 0.853. The van der Waals surface area contributed by atoms with E-state index in [0.29, 0.717) is 18.4 Å². The molecule has 3 heteroatoms. The second-order valence-electron chi connectivity index (χ2n) is 7.43. The van der Waals surface area contributed by atoms with Crippen LogP contribution < -0.4 is 0 Å². The summed E-state index contributed by atoms with van der Waals surface area (Å²) in [4.78, 5) is 14.8. The lowest BCUT2D eigenvalue weighted by Gasteiger charge is -2.41. The zero-order valence-electron chi connectivity index (χ0n) is 13.5. The van der Waals surface area contributed by atoms with Gasteiger partial charge in [-0.3, -0.25) is 4.79 Å². The first-order chi connectivity index (χ1) is 11.2. The average Bonchev–Trinajstić information content (AvgIpc) is 3.25. The molecule has 122 valence electrons. The van der Waals surface area contributed by atoms with Crippen molar-refractivity contribution < 1.29 is 9.90 Å². The van der Waals surface area contributed by atoms with Crippen molar-refractivity contribution in [3.63, 3.8) is 0 Å². The summed E-state index contributed by atoms with van der Waals surface area (Å²) in [7, 11) is 0. The van der Waals surface area contributed by atoms with E-state index in [1.807, 2.05) is 35.2 Å². The van der Waals surface area contributed by atoms with Gasteiger partial charge < -0.3 is 10.0 Å². The highest BCUT2D eigenvalue weighted by molar-refractivity contribution is 5.80. The molecule has 23 heavy (non-hydrogen) atoms. The molecule has 1 heterocycles. The number of carbonyl (C=O) groups is 1. The standard InChI is InChI=1S/C20H25NO2/c22-19(15-7-4-5-8-15)21-13-16-9-6-12-20(23,18(16)14-21)17-10-2-1-3-11-17/h1-5,10-11,15-16,18,23H,6-9,12-14H2/t16-,18+,20+/m1/s1. The molecule has 2 aliphatic carbocycles. The van der Waals surface area contributed by atoms with Gasteiger partial charge in [0.2, 0.25) is 5.91 Å². The molecule has 1 saturated heterocycles. The lowest BCUT2D eigenvalue weighted by Crippen LogP contribution is -2.43. The summed E-state index contributed by atoms with van der Waals surface area (Å²) in [5.41, 5.74) is 0.249. The summed E-state index contributed by atoms with van der Waals surface area (Å²) < 4.78 is 0. The maximum absolute atomic E-state index is 12.7. The van der Waals surface area contributed by atoms with Crippen LogP contribution in [0.1, 0.15) is 37.7 Å². The first-order valence-corrected chi connectivity index (χ1v) is 8.90. The van der Waals surface area contributed by atoms with Crippen molar-refractivity contribution in [1.29, 1.82) is 0 Å². The molecule has 1 aromatic rings. The number of rotatable bonds is 2. The second-order valence-corrected chi connectivity index (χ2v) is 7.43. The number of likely N-dealkylation sites (tertiary alicyclic amines) is 1. The van der Waals surface area contributed by atoms with Gasteiger partial charge in [0.15, 0.2) is 0 Å². The van der Waals surface area contributed by atoms with Crippen molar-refractivity contribution in [1.82, 2.24) is 4.90 Å². The number of hydrogen-bond acceptors (Lipinski definition) is 2. The molecule has 1 aliphatic heterocycles.